The van der Waals surface area contributed by atoms with Gasteiger partial charge >= 0.3 is 0 Å². The zero-order valence-electron chi connectivity index (χ0n) is 17.9. The summed E-state index contributed by atoms with van der Waals surface area (Å²) < 4.78 is 5.47. The van der Waals surface area contributed by atoms with Gasteiger partial charge in [0.15, 0.2) is 5.96 Å². The van der Waals surface area contributed by atoms with Crippen molar-refractivity contribution in [3.05, 3.63) is 35.9 Å². The lowest BCUT2D eigenvalue weighted by molar-refractivity contribution is -0.136. The van der Waals surface area contributed by atoms with Crippen LogP contribution in [-0.2, 0) is 9.53 Å². The zero-order valence-corrected chi connectivity index (χ0v) is 21.1. The number of guanidine groups is 1. The first-order valence-electron chi connectivity index (χ1n) is 9.95. The van der Waals surface area contributed by atoms with Gasteiger partial charge in [0, 0.05) is 30.9 Å². The van der Waals surface area contributed by atoms with Gasteiger partial charge in [0.2, 0.25) is 5.91 Å². The third-order valence-corrected chi connectivity index (χ3v) is 6.05. The number of ether oxygens (including phenoxy) is 1. The largest absolute Gasteiger partial charge is 0.378 e. The minimum Gasteiger partial charge on any atom is -0.378 e. The normalized spacial score (nSPS) is 16.0. The molecule has 0 spiro atoms. The summed E-state index contributed by atoms with van der Waals surface area (Å²) >= 11 is 1.80. The number of carbonyl (C=O) groups is 1. The zero-order chi connectivity index (χ0) is 20.4. The number of thioether (sulfide) groups is 1. The van der Waals surface area contributed by atoms with Gasteiger partial charge in [0.1, 0.15) is 0 Å². The Morgan fingerprint density at radius 1 is 1.24 bits per heavy atom. The molecule has 1 aliphatic heterocycles. The minimum atomic E-state index is -0.253. The number of benzene rings is 1. The van der Waals surface area contributed by atoms with E-state index in [1.165, 1.54) is 0 Å². The Balaban J connectivity index is 0.00000420. The van der Waals surface area contributed by atoms with E-state index in [2.05, 4.69) is 30.7 Å². The molecule has 1 fully saturated rings. The van der Waals surface area contributed by atoms with Gasteiger partial charge in [-0.1, -0.05) is 30.3 Å². The smallest absolute Gasteiger partial charge is 0.232 e. The molecule has 0 aromatic heterocycles. The summed E-state index contributed by atoms with van der Waals surface area (Å²) in [5.41, 5.74) is 1.02. The van der Waals surface area contributed by atoms with Crippen molar-refractivity contribution in [3.63, 3.8) is 0 Å². The summed E-state index contributed by atoms with van der Waals surface area (Å²) in [6, 6.07) is 9.98. The van der Waals surface area contributed by atoms with Crippen LogP contribution in [0.25, 0.3) is 0 Å². The first-order chi connectivity index (χ1) is 13.5. The number of nitrogens with zero attached hydrogens (tertiary/aromatic N) is 2. The van der Waals surface area contributed by atoms with Gasteiger partial charge in [-0.2, -0.15) is 11.8 Å². The fourth-order valence-electron chi connectivity index (χ4n) is 2.91. The predicted octanol–water partition coefficient (Wildman–Crippen LogP) is 2.94. The lowest BCUT2D eigenvalue weighted by Gasteiger charge is -2.31. The molecule has 1 amide bonds. The molecule has 1 aliphatic rings. The van der Waals surface area contributed by atoms with E-state index in [0.29, 0.717) is 39.4 Å². The number of hydrogen-bond acceptors (Lipinski definition) is 4. The second kappa shape index (κ2) is 13.3. The number of rotatable bonds is 8. The van der Waals surface area contributed by atoms with Crippen molar-refractivity contribution in [2.45, 2.75) is 31.4 Å². The molecule has 0 saturated carbocycles. The third-order valence-electron chi connectivity index (χ3n) is 4.81. The fraction of sp³-hybridized carbons (Fsp3) is 0.619. The molecule has 6 nitrogen and oxygen atoms in total. The maximum absolute atomic E-state index is 13.2. The molecule has 1 unspecified atom stereocenters. The lowest BCUT2D eigenvalue weighted by Crippen LogP contribution is -2.47. The molecular weight excluding hydrogens is 499 g/mol. The second-order valence-electron chi connectivity index (χ2n) is 7.44. The molecule has 1 heterocycles. The van der Waals surface area contributed by atoms with E-state index in [1.54, 1.807) is 11.8 Å². The number of hydrogen-bond donors (Lipinski definition) is 2. The Labute approximate surface area is 196 Å². The molecule has 1 atom stereocenters. The van der Waals surface area contributed by atoms with Gasteiger partial charge in [0.05, 0.1) is 25.7 Å². The van der Waals surface area contributed by atoms with Crippen molar-refractivity contribution < 1.29 is 9.53 Å². The van der Waals surface area contributed by atoms with E-state index in [9.17, 15) is 4.79 Å². The lowest BCUT2D eigenvalue weighted by atomic mass is 9.97. The van der Waals surface area contributed by atoms with Crippen LogP contribution < -0.4 is 10.6 Å². The van der Waals surface area contributed by atoms with E-state index in [1.807, 2.05) is 42.2 Å². The molecule has 0 radical (unpaired) electrons. The summed E-state index contributed by atoms with van der Waals surface area (Å²) in [7, 11) is 0. The molecule has 2 N–H and O–H groups in total. The maximum atomic E-state index is 13.2. The van der Waals surface area contributed by atoms with E-state index < -0.39 is 0 Å². The average molecular weight is 535 g/mol. The Kier molecular flexibility index (Phi) is 12.0. The second-order valence-corrected chi connectivity index (χ2v) is 8.95. The summed E-state index contributed by atoms with van der Waals surface area (Å²) in [5.74, 6) is 0.638. The Hall–Kier alpha value is -1.000. The summed E-state index contributed by atoms with van der Waals surface area (Å²) in [5, 5.41) is 6.68. The van der Waals surface area contributed by atoms with E-state index >= 15 is 0 Å². The number of amides is 1. The SMILES string of the molecule is CCNC(=NCC(C)(C)SC)NCC(C(=O)N1CCOCC1)c1ccccc1.I. The van der Waals surface area contributed by atoms with Crippen LogP contribution in [-0.4, -0.2) is 73.7 Å². The fourth-order valence-corrected chi connectivity index (χ4v) is 3.11. The summed E-state index contributed by atoms with van der Waals surface area (Å²) in [6.45, 7) is 10.9. The molecular formula is C21H35IN4O2S. The molecule has 1 saturated heterocycles. The van der Waals surface area contributed by atoms with Gasteiger partial charge in [0.25, 0.3) is 0 Å². The van der Waals surface area contributed by atoms with Crippen LogP contribution in [0.1, 0.15) is 32.3 Å². The van der Waals surface area contributed by atoms with Crippen LogP contribution in [0.2, 0.25) is 0 Å². The number of nitrogens with one attached hydrogen (secondary N) is 2. The van der Waals surface area contributed by atoms with Crippen molar-refractivity contribution >= 4 is 47.6 Å². The quantitative estimate of drug-likeness (QED) is 0.305. The molecule has 0 bridgehead atoms. The van der Waals surface area contributed by atoms with Crippen LogP contribution >= 0.6 is 35.7 Å². The number of aliphatic imine (C=N–C) groups is 1. The first kappa shape index (κ1) is 26.0. The third kappa shape index (κ3) is 8.72. The maximum Gasteiger partial charge on any atom is 0.232 e. The van der Waals surface area contributed by atoms with Crippen molar-refractivity contribution in [2.24, 2.45) is 4.99 Å². The average Bonchev–Trinajstić information content (AvgIpc) is 2.73. The molecule has 1 aromatic carbocycles. The predicted molar refractivity (Wildman–Crippen MR) is 134 cm³/mol. The van der Waals surface area contributed by atoms with E-state index in [4.69, 9.17) is 9.73 Å². The molecule has 0 aliphatic carbocycles. The van der Waals surface area contributed by atoms with Crippen LogP contribution in [0.3, 0.4) is 0 Å². The minimum absolute atomic E-state index is 0. The molecule has 29 heavy (non-hydrogen) atoms. The van der Waals surface area contributed by atoms with Gasteiger partial charge in [-0.15, -0.1) is 24.0 Å². The van der Waals surface area contributed by atoms with Crippen LogP contribution in [0.5, 0.6) is 0 Å². The van der Waals surface area contributed by atoms with Crippen LogP contribution in [0.4, 0.5) is 0 Å². The van der Waals surface area contributed by atoms with Gasteiger partial charge in [-0.3, -0.25) is 9.79 Å². The Morgan fingerprint density at radius 2 is 1.90 bits per heavy atom. The highest BCUT2D eigenvalue weighted by Crippen LogP contribution is 2.21. The number of morpholine rings is 1. The van der Waals surface area contributed by atoms with Crippen molar-refractivity contribution in [3.8, 4) is 0 Å². The molecule has 164 valence electrons. The monoisotopic (exact) mass is 534 g/mol. The van der Waals surface area contributed by atoms with Crippen LogP contribution in [0.15, 0.2) is 35.3 Å². The molecule has 2 rings (SSSR count). The molecule has 1 aromatic rings. The Morgan fingerprint density at radius 3 is 2.48 bits per heavy atom. The van der Waals surface area contributed by atoms with E-state index in [0.717, 1.165) is 18.1 Å². The highest BCUT2D eigenvalue weighted by Gasteiger charge is 2.27. The first-order valence-corrected chi connectivity index (χ1v) is 11.2. The van der Waals surface area contributed by atoms with Gasteiger partial charge < -0.3 is 20.3 Å². The Bertz CT molecular complexity index is 637. The highest BCUT2D eigenvalue weighted by molar-refractivity contribution is 14.0. The van der Waals surface area contributed by atoms with Crippen molar-refractivity contribution in [1.82, 2.24) is 15.5 Å². The van der Waals surface area contributed by atoms with Crippen molar-refractivity contribution in [1.29, 1.82) is 0 Å². The van der Waals surface area contributed by atoms with Gasteiger partial charge in [-0.25, -0.2) is 0 Å². The number of halogens is 1. The topological polar surface area (TPSA) is 66.0 Å². The summed E-state index contributed by atoms with van der Waals surface area (Å²) in [6.07, 6.45) is 2.10. The molecule has 8 heteroatoms. The van der Waals surface area contributed by atoms with Gasteiger partial charge in [-0.05, 0) is 32.6 Å². The summed E-state index contributed by atoms with van der Waals surface area (Å²) in [4.78, 5) is 19.8. The standard InChI is InChI=1S/C21H34N4O2S.HI/c1-5-22-20(24-16-21(2,3)28-4)23-15-18(17-9-7-6-8-10-17)19(26)25-11-13-27-14-12-25;/h6-10,18H,5,11-16H2,1-4H3,(H2,22,23,24);1H. The van der Waals surface area contributed by atoms with E-state index in [-0.39, 0.29) is 40.5 Å². The van der Waals surface area contributed by atoms with Crippen molar-refractivity contribution in [2.75, 3.05) is 52.2 Å². The highest BCUT2D eigenvalue weighted by atomic mass is 127. The van der Waals surface area contributed by atoms with Crippen LogP contribution in [0, 0.1) is 0 Å². The number of carbonyl (C=O) groups excluding carboxylic acids is 1.